The molecular formula is C20H24F2N4O3. The maximum absolute atomic E-state index is 12.3. The van der Waals surface area contributed by atoms with E-state index in [0.717, 1.165) is 12.1 Å². The molecular weight excluding hydrogens is 382 g/mol. The summed E-state index contributed by atoms with van der Waals surface area (Å²) in [6, 6.07) is 12.1. The quantitative estimate of drug-likeness (QED) is 0.598. The highest BCUT2D eigenvalue weighted by Crippen LogP contribution is 2.19. The van der Waals surface area contributed by atoms with E-state index in [1.165, 1.54) is 18.2 Å². The van der Waals surface area contributed by atoms with Gasteiger partial charge in [-0.2, -0.15) is 8.78 Å². The molecule has 0 saturated carbocycles. The molecule has 0 radical (unpaired) electrons. The zero-order chi connectivity index (χ0) is 21.2. The van der Waals surface area contributed by atoms with Crippen LogP contribution in [0.15, 0.2) is 48.5 Å². The molecule has 0 aromatic heterocycles. The number of urea groups is 1. The minimum absolute atomic E-state index is 0.0502. The van der Waals surface area contributed by atoms with Gasteiger partial charge in [0.25, 0.3) is 5.91 Å². The van der Waals surface area contributed by atoms with E-state index in [0.29, 0.717) is 17.8 Å². The van der Waals surface area contributed by atoms with Gasteiger partial charge in [0.05, 0.1) is 0 Å². The number of carbonyl (C=O) groups excluding carboxylic acids is 2. The number of nitrogens with zero attached hydrogens (tertiary/aromatic N) is 1. The zero-order valence-electron chi connectivity index (χ0n) is 16.2. The third-order valence-corrected chi connectivity index (χ3v) is 3.80. The fourth-order valence-corrected chi connectivity index (χ4v) is 2.43. The van der Waals surface area contributed by atoms with E-state index in [2.05, 4.69) is 20.7 Å². The monoisotopic (exact) mass is 406 g/mol. The molecule has 2 rings (SSSR count). The van der Waals surface area contributed by atoms with Gasteiger partial charge in [0.1, 0.15) is 5.75 Å². The van der Waals surface area contributed by atoms with Crippen LogP contribution in [0.4, 0.5) is 19.3 Å². The topological polar surface area (TPSA) is 82.7 Å². The first-order valence-corrected chi connectivity index (χ1v) is 8.95. The first-order valence-electron chi connectivity index (χ1n) is 8.95. The van der Waals surface area contributed by atoms with E-state index in [9.17, 15) is 18.4 Å². The van der Waals surface area contributed by atoms with E-state index < -0.39 is 12.6 Å². The van der Waals surface area contributed by atoms with Crippen molar-refractivity contribution < 1.29 is 23.1 Å². The summed E-state index contributed by atoms with van der Waals surface area (Å²) in [4.78, 5) is 26.2. The molecule has 3 amide bonds. The van der Waals surface area contributed by atoms with Crippen molar-refractivity contribution in [3.05, 3.63) is 59.7 Å². The number of benzene rings is 2. The predicted octanol–water partition coefficient (Wildman–Crippen LogP) is 2.90. The van der Waals surface area contributed by atoms with Crippen LogP contribution in [0.5, 0.6) is 5.75 Å². The van der Waals surface area contributed by atoms with Crippen LogP contribution in [-0.4, -0.2) is 50.6 Å². The maximum atomic E-state index is 12.3. The Kier molecular flexibility index (Phi) is 8.35. The molecule has 156 valence electrons. The van der Waals surface area contributed by atoms with Gasteiger partial charge in [-0.25, -0.2) is 4.79 Å². The smallest absolute Gasteiger partial charge is 0.387 e. The summed E-state index contributed by atoms with van der Waals surface area (Å²) in [6.45, 7) is -1.48. The summed E-state index contributed by atoms with van der Waals surface area (Å²) in [5.74, 6) is -0.236. The van der Waals surface area contributed by atoms with E-state index in [4.69, 9.17) is 0 Å². The Morgan fingerprint density at radius 1 is 1.07 bits per heavy atom. The van der Waals surface area contributed by atoms with E-state index >= 15 is 0 Å². The maximum Gasteiger partial charge on any atom is 0.387 e. The molecule has 0 saturated heterocycles. The minimum Gasteiger partial charge on any atom is -0.435 e. The van der Waals surface area contributed by atoms with Crippen LogP contribution in [0.2, 0.25) is 0 Å². The Labute approximate surface area is 168 Å². The first kappa shape index (κ1) is 22.1. The molecule has 9 heteroatoms. The van der Waals surface area contributed by atoms with Crippen molar-refractivity contribution in [2.75, 3.05) is 32.5 Å². The fraction of sp³-hybridized carbons (Fsp3) is 0.300. The van der Waals surface area contributed by atoms with Crippen LogP contribution in [0.25, 0.3) is 0 Å². The number of anilines is 1. The van der Waals surface area contributed by atoms with Crippen molar-refractivity contribution in [1.29, 1.82) is 0 Å². The van der Waals surface area contributed by atoms with Crippen LogP contribution in [0.1, 0.15) is 15.9 Å². The number of ether oxygens (including phenoxy) is 1. The molecule has 2 aromatic carbocycles. The molecule has 0 unspecified atom stereocenters. The summed E-state index contributed by atoms with van der Waals surface area (Å²) >= 11 is 0. The molecule has 0 aliphatic carbocycles. The highest BCUT2D eigenvalue weighted by molar-refractivity contribution is 5.94. The van der Waals surface area contributed by atoms with Crippen molar-refractivity contribution in [1.82, 2.24) is 15.5 Å². The Morgan fingerprint density at radius 3 is 2.55 bits per heavy atom. The van der Waals surface area contributed by atoms with Gasteiger partial charge in [0.15, 0.2) is 0 Å². The summed E-state index contributed by atoms with van der Waals surface area (Å²) in [6.07, 6.45) is 0. The molecule has 0 heterocycles. The molecule has 29 heavy (non-hydrogen) atoms. The van der Waals surface area contributed by atoms with Gasteiger partial charge < -0.3 is 25.6 Å². The summed E-state index contributed by atoms with van der Waals surface area (Å²) in [5, 5.41) is 8.03. The van der Waals surface area contributed by atoms with E-state index in [-0.39, 0.29) is 18.2 Å². The second-order valence-electron chi connectivity index (χ2n) is 6.47. The third kappa shape index (κ3) is 8.14. The average Bonchev–Trinajstić information content (AvgIpc) is 2.66. The normalized spacial score (nSPS) is 10.7. The minimum atomic E-state index is -2.94. The lowest BCUT2D eigenvalue weighted by atomic mass is 10.1. The molecule has 3 N–H and O–H groups in total. The number of nitrogens with one attached hydrogen (secondary N) is 3. The number of likely N-dealkylation sites (N-methyl/N-ethyl adjacent to an activating group) is 1. The van der Waals surface area contributed by atoms with Crippen molar-refractivity contribution in [3.8, 4) is 5.75 Å². The SMILES string of the molecule is CN(C)CCNC(=O)c1cccc(CNC(=O)Nc2cccc(OC(F)F)c2)c1. The second kappa shape index (κ2) is 11.0. The number of amides is 3. The lowest BCUT2D eigenvalue weighted by molar-refractivity contribution is -0.0498. The van der Waals surface area contributed by atoms with Gasteiger partial charge in [-0.1, -0.05) is 18.2 Å². The van der Waals surface area contributed by atoms with Crippen LogP contribution in [0, 0.1) is 0 Å². The zero-order valence-corrected chi connectivity index (χ0v) is 16.2. The van der Waals surface area contributed by atoms with Crippen LogP contribution < -0.4 is 20.7 Å². The molecule has 0 atom stereocenters. The van der Waals surface area contributed by atoms with Crippen LogP contribution in [-0.2, 0) is 6.54 Å². The number of hydrogen-bond acceptors (Lipinski definition) is 4. The van der Waals surface area contributed by atoms with Gasteiger partial charge in [-0.15, -0.1) is 0 Å². The molecule has 0 aliphatic rings. The fourth-order valence-electron chi connectivity index (χ4n) is 2.43. The Bertz CT molecular complexity index is 831. The molecule has 2 aromatic rings. The lowest BCUT2D eigenvalue weighted by Crippen LogP contribution is -2.31. The molecule has 0 aliphatic heterocycles. The Morgan fingerprint density at radius 2 is 1.83 bits per heavy atom. The summed E-state index contributed by atoms with van der Waals surface area (Å²) in [7, 11) is 3.84. The molecule has 7 nitrogen and oxygen atoms in total. The number of carbonyl (C=O) groups is 2. The Hall–Kier alpha value is -3.20. The highest BCUT2D eigenvalue weighted by Gasteiger charge is 2.08. The first-order chi connectivity index (χ1) is 13.8. The summed E-state index contributed by atoms with van der Waals surface area (Å²) < 4.78 is 28.8. The predicted molar refractivity (Wildman–Crippen MR) is 106 cm³/mol. The van der Waals surface area contributed by atoms with Gasteiger partial charge in [0.2, 0.25) is 0 Å². The Balaban J connectivity index is 1.86. The van der Waals surface area contributed by atoms with Crippen molar-refractivity contribution in [3.63, 3.8) is 0 Å². The van der Waals surface area contributed by atoms with Gasteiger partial charge >= 0.3 is 12.6 Å². The van der Waals surface area contributed by atoms with E-state index in [1.807, 2.05) is 19.0 Å². The summed E-state index contributed by atoms with van der Waals surface area (Å²) in [5.41, 5.74) is 1.56. The third-order valence-electron chi connectivity index (χ3n) is 3.80. The van der Waals surface area contributed by atoms with Gasteiger partial charge in [0, 0.05) is 37.0 Å². The van der Waals surface area contributed by atoms with Crippen molar-refractivity contribution in [2.45, 2.75) is 13.2 Å². The van der Waals surface area contributed by atoms with Crippen LogP contribution in [0.3, 0.4) is 0 Å². The number of rotatable bonds is 9. The van der Waals surface area contributed by atoms with Crippen molar-refractivity contribution in [2.24, 2.45) is 0 Å². The van der Waals surface area contributed by atoms with Crippen LogP contribution >= 0.6 is 0 Å². The highest BCUT2D eigenvalue weighted by atomic mass is 19.3. The molecule has 0 spiro atoms. The number of halogens is 2. The average molecular weight is 406 g/mol. The standard InChI is InChI=1S/C20H24F2N4O3/c1-26(2)10-9-23-18(27)15-6-3-5-14(11-15)13-24-20(28)25-16-7-4-8-17(12-16)29-19(21)22/h3-8,11-12,19H,9-10,13H2,1-2H3,(H,23,27)(H2,24,25,28). The second-order valence-corrected chi connectivity index (χ2v) is 6.47. The number of hydrogen-bond donors (Lipinski definition) is 3. The van der Waals surface area contributed by atoms with Gasteiger partial charge in [-0.3, -0.25) is 4.79 Å². The largest absolute Gasteiger partial charge is 0.435 e. The molecule has 0 bridgehead atoms. The number of alkyl halides is 2. The lowest BCUT2D eigenvalue weighted by Gasteiger charge is -2.12. The molecule has 0 fully saturated rings. The van der Waals surface area contributed by atoms with E-state index in [1.54, 1.807) is 30.3 Å². The van der Waals surface area contributed by atoms with Gasteiger partial charge in [-0.05, 0) is 43.9 Å². The van der Waals surface area contributed by atoms with Crippen molar-refractivity contribution >= 4 is 17.6 Å².